The smallest absolute Gasteiger partial charge is 0.243 e. The maximum absolute atomic E-state index is 13.0. The van der Waals surface area contributed by atoms with E-state index in [9.17, 15) is 18.8 Å². The van der Waals surface area contributed by atoms with Crippen molar-refractivity contribution in [1.29, 1.82) is 0 Å². The summed E-state index contributed by atoms with van der Waals surface area (Å²) in [4.78, 5) is 38.5. The molecule has 7 heteroatoms. The first-order valence-corrected chi connectivity index (χ1v) is 9.07. The molecule has 0 aliphatic rings. The van der Waals surface area contributed by atoms with Gasteiger partial charge in [0.05, 0.1) is 12.1 Å². The van der Waals surface area contributed by atoms with Gasteiger partial charge in [0.1, 0.15) is 11.9 Å². The van der Waals surface area contributed by atoms with Crippen molar-refractivity contribution in [3.8, 4) is 0 Å². The van der Waals surface area contributed by atoms with Gasteiger partial charge in [-0.15, -0.1) is 0 Å². The standard InChI is InChI=1S/C20H30FN3O3/c1-12(2)18(22-5)20(27)24(6)13(3)19(26)23-17(14(4)25)11-15-7-9-16(21)10-8-15/h7-10,12-13,17-18,22H,11H2,1-6H3,(H,23,26)/t13-,17-,18+/m1/s1. The van der Waals surface area contributed by atoms with Crippen LogP contribution in [0.1, 0.15) is 33.3 Å². The van der Waals surface area contributed by atoms with Crippen LogP contribution in [0.5, 0.6) is 0 Å². The quantitative estimate of drug-likeness (QED) is 0.682. The van der Waals surface area contributed by atoms with Crippen LogP contribution in [0.2, 0.25) is 0 Å². The molecule has 150 valence electrons. The number of nitrogens with zero attached hydrogens (tertiary/aromatic N) is 1. The minimum Gasteiger partial charge on any atom is -0.344 e. The Kier molecular flexibility index (Phi) is 8.56. The van der Waals surface area contributed by atoms with Crippen molar-refractivity contribution in [3.63, 3.8) is 0 Å². The van der Waals surface area contributed by atoms with E-state index in [-0.39, 0.29) is 29.8 Å². The van der Waals surface area contributed by atoms with Crippen LogP contribution < -0.4 is 10.6 Å². The first-order valence-electron chi connectivity index (χ1n) is 9.07. The van der Waals surface area contributed by atoms with Gasteiger partial charge >= 0.3 is 0 Å². The van der Waals surface area contributed by atoms with Crippen molar-refractivity contribution in [2.75, 3.05) is 14.1 Å². The molecule has 0 bridgehead atoms. The summed E-state index contributed by atoms with van der Waals surface area (Å²) in [7, 11) is 3.28. The first-order chi connectivity index (χ1) is 12.6. The lowest BCUT2D eigenvalue weighted by molar-refractivity contribution is -0.141. The Labute approximate surface area is 160 Å². The van der Waals surface area contributed by atoms with Gasteiger partial charge in [0.25, 0.3) is 0 Å². The summed E-state index contributed by atoms with van der Waals surface area (Å²) < 4.78 is 13.0. The van der Waals surface area contributed by atoms with Crippen LogP contribution in [0.3, 0.4) is 0 Å². The third-order valence-electron chi connectivity index (χ3n) is 4.71. The maximum atomic E-state index is 13.0. The van der Waals surface area contributed by atoms with Gasteiger partial charge < -0.3 is 15.5 Å². The largest absolute Gasteiger partial charge is 0.344 e. The van der Waals surface area contributed by atoms with Crippen molar-refractivity contribution in [1.82, 2.24) is 15.5 Å². The highest BCUT2D eigenvalue weighted by Gasteiger charge is 2.30. The number of benzene rings is 1. The molecule has 2 N–H and O–H groups in total. The van der Waals surface area contributed by atoms with Crippen molar-refractivity contribution >= 4 is 17.6 Å². The number of Topliss-reactive ketones (excluding diaryl/α,β-unsaturated/α-hetero) is 1. The van der Waals surface area contributed by atoms with Gasteiger partial charge in [0.15, 0.2) is 5.78 Å². The van der Waals surface area contributed by atoms with Crippen molar-refractivity contribution < 1.29 is 18.8 Å². The zero-order valence-electron chi connectivity index (χ0n) is 16.9. The third-order valence-corrected chi connectivity index (χ3v) is 4.71. The molecule has 1 aromatic carbocycles. The number of nitrogens with one attached hydrogen (secondary N) is 2. The van der Waals surface area contributed by atoms with Crippen molar-refractivity contribution in [3.05, 3.63) is 35.6 Å². The fourth-order valence-corrected chi connectivity index (χ4v) is 2.77. The van der Waals surface area contributed by atoms with E-state index < -0.39 is 24.0 Å². The van der Waals surface area contributed by atoms with E-state index in [1.54, 1.807) is 33.2 Å². The molecular weight excluding hydrogens is 349 g/mol. The molecule has 6 nitrogen and oxygen atoms in total. The fraction of sp³-hybridized carbons (Fsp3) is 0.550. The summed E-state index contributed by atoms with van der Waals surface area (Å²) in [6, 6.07) is 3.92. The monoisotopic (exact) mass is 379 g/mol. The van der Waals surface area contributed by atoms with Crippen LogP contribution in [0.25, 0.3) is 0 Å². The average molecular weight is 379 g/mol. The summed E-state index contributed by atoms with van der Waals surface area (Å²) in [5, 5.41) is 5.67. The van der Waals surface area contributed by atoms with E-state index >= 15 is 0 Å². The number of halogens is 1. The molecule has 0 unspecified atom stereocenters. The second-order valence-electron chi connectivity index (χ2n) is 7.14. The van der Waals surface area contributed by atoms with E-state index in [0.717, 1.165) is 5.56 Å². The van der Waals surface area contributed by atoms with E-state index in [4.69, 9.17) is 0 Å². The summed E-state index contributed by atoms with van der Waals surface area (Å²) in [6.07, 6.45) is 0.261. The molecule has 2 amide bonds. The fourth-order valence-electron chi connectivity index (χ4n) is 2.77. The van der Waals surface area contributed by atoms with Gasteiger partial charge in [0, 0.05) is 7.05 Å². The number of carbonyl (C=O) groups is 3. The Hall–Kier alpha value is -2.28. The van der Waals surface area contributed by atoms with E-state index in [1.807, 2.05) is 13.8 Å². The highest BCUT2D eigenvalue weighted by atomic mass is 19.1. The van der Waals surface area contributed by atoms with Crippen LogP contribution in [0.15, 0.2) is 24.3 Å². The van der Waals surface area contributed by atoms with Crippen LogP contribution in [0.4, 0.5) is 4.39 Å². The lowest BCUT2D eigenvalue weighted by Gasteiger charge is -2.30. The average Bonchev–Trinajstić information content (AvgIpc) is 2.61. The summed E-state index contributed by atoms with van der Waals surface area (Å²) >= 11 is 0. The number of carbonyl (C=O) groups excluding carboxylic acids is 3. The molecule has 0 saturated carbocycles. The number of hydrogen-bond acceptors (Lipinski definition) is 4. The molecule has 0 fully saturated rings. The second kappa shape index (κ2) is 10.2. The molecule has 0 spiro atoms. The third kappa shape index (κ3) is 6.43. The second-order valence-corrected chi connectivity index (χ2v) is 7.14. The predicted octanol–water partition coefficient (Wildman–Crippen LogP) is 1.53. The van der Waals surface area contributed by atoms with Gasteiger partial charge in [-0.05, 0) is 50.9 Å². The Morgan fingerprint density at radius 3 is 2.11 bits per heavy atom. The normalized spacial score (nSPS) is 14.4. The SMILES string of the molecule is CN[C@H](C(=O)N(C)[C@H](C)C(=O)N[C@H](Cc1ccc(F)cc1)C(C)=O)C(C)C. The minimum atomic E-state index is -0.737. The molecule has 0 aliphatic heterocycles. The first kappa shape index (κ1) is 22.8. The van der Waals surface area contributed by atoms with Gasteiger partial charge in [-0.2, -0.15) is 0 Å². The number of hydrogen-bond donors (Lipinski definition) is 2. The van der Waals surface area contributed by atoms with Crippen LogP contribution >= 0.6 is 0 Å². The maximum Gasteiger partial charge on any atom is 0.243 e. The summed E-state index contributed by atoms with van der Waals surface area (Å²) in [6.45, 7) is 6.86. The Bertz CT molecular complexity index is 661. The highest BCUT2D eigenvalue weighted by molar-refractivity contribution is 5.92. The number of rotatable bonds is 9. The Balaban J connectivity index is 2.81. The molecule has 0 aliphatic carbocycles. The molecular formula is C20H30FN3O3. The molecule has 0 radical (unpaired) electrons. The van der Waals surface area contributed by atoms with Crippen molar-refractivity contribution in [2.24, 2.45) is 5.92 Å². The molecule has 1 rings (SSSR count). The lowest BCUT2D eigenvalue weighted by Crippen LogP contribution is -2.55. The van der Waals surface area contributed by atoms with E-state index in [2.05, 4.69) is 10.6 Å². The van der Waals surface area contributed by atoms with E-state index in [0.29, 0.717) is 0 Å². The molecule has 27 heavy (non-hydrogen) atoms. The number of amides is 2. The van der Waals surface area contributed by atoms with E-state index in [1.165, 1.54) is 24.0 Å². The summed E-state index contributed by atoms with van der Waals surface area (Å²) in [5.74, 6) is -1.09. The zero-order chi connectivity index (χ0) is 20.7. The molecule has 3 atom stereocenters. The number of likely N-dealkylation sites (N-methyl/N-ethyl adjacent to an activating group) is 2. The van der Waals surface area contributed by atoms with Crippen LogP contribution in [-0.4, -0.2) is 54.7 Å². The number of ketones is 1. The topological polar surface area (TPSA) is 78.5 Å². The van der Waals surface area contributed by atoms with Gasteiger partial charge in [0.2, 0.25) is 11.8 Å². The Morgan fingerprint density at radius 2 is 1.67 bits per heavy atom. The van der Waals surface area contributed by atoms with Crippen LogP contribution in [0, 0.1) is 11.7 Å². The van der Waals surface area contributed by atoms with Gasteiger partial charge in [-0.1, -0.05) is 26.0 Å². The molecule has 1 aromatic rings. The zero-order valence-corrected chi connectivity index (χ0v) is 16.9. The molecule has 0 heterocycles. The predicted molar refractivity (Wildman–Crippen MR) is 103 cm³/mol. The Morgan fingerprint density at radius 1 is 1.11 bits per heavy atom. The van der Waals surface area contributed by atoms with Crippen LogP contribution in [-0.2, 0) is 20.8 Å². The highest BCUT2D eigenvalue weighted by Crippen LogP contribution is 2.10. The molecule has 0 saturated heterocycles. The lowest BCUT2D eigenvalue weighted by atomic mass is 10.0. The summed E-state index contributed by atoms with van der Waals surface area (Å²) in [5.41, 5.74) is 0.740. The minimum absolute atomic E-state index is 0.0728. The van der Waals surface area contributed by atoms with Gasteiger partial charge in [-0.3, -0.25) is 14.4 Å². The van der Waals surface area contributed by atoms with Gasteiger partial charge in [-0.25, -0.2) is 4.39 Å². The molecule has 0 aromatic heterocycles. The van der Waals surface area contributed by atoms with Crippen molar-refractivity contribution in [2.45, 2.75) is 52.2 Å².